The summed E-state index contributed by atoms with van der Waals surface area (Å²) in [6.45, 7) is 3.41. The van der Waals surface area contributed by atoms with Crippen LogP contribution in [0.15, 0.2) is 30.3 Å². The van der Waals surface area contributed by atoms with Gasteiger partial charge in [0.05, 0.1) is 18.2 Å². The molecule has 0 amide bonds. The highest BCUT2D eigenvalue weighted by Gasteiger charge is 2.16. The van der Waals surface area contributed by atoms with E-state index in [9.17, 15) is 5.11 Å². The van der Waals surface area contributed by atoms with Crippen molar-refractivity contribution in [3.05, 3.63) is 36.0 Å². The number of aromatic nitrogens is 2. The van der Waals surface area contributed by atoms with Gasteiger partial charge in [-0.1, -0.05) is 12.1 Å². The molecule has 1 aromatic heterocycles. The Morgan fingerprint density at radius 2 is 2.15 bits per heavy atom. The van der Waals surface area contributed by atoms with Crippen LogP contribution in [0, 0.1) is 6.92 Å². The Labute approximate surface area is 117 Å². The van der Waals surface area contributed by atoms with E-state index in [2.05, 4.69) is 15.3 Å². The van der Waals surface area contributed by atoms with Crippen molar-refractivity contribution in [2.24, 2.45) is 0 Å². The number of anilines is 1. The predicted molar refractivity (Wildman–Crippen MR) is 76.7 cm³/mol. The van der Waals surface area contributed by atoms with Crippen LogP contribution in [0.1, 0.15) is 12.1 Å². The molecule has 0 saturated carbocycles. The van der Waals surface area contributed by atoms with Gasteiger partial charge in [-0.3, -0.25) is 0 Å². The molecule has 0 bridgehead atoms. The number of hydrogen-bond donors (Lipinski definition) is 2. The number of para-hydroxylation sites is 1. The first-order valence-electron chi connectivity index (χ1n) is 6.71. The maximum absolute atomic E-state index is 9.91. The summed E-state index contributed by atoms with van der Waals surface area (Å²) < 4.78 is 5.35. The van der Waals surface area contributed by atoms with Gasteiger partial charge in [-0.15, -0.1) is 0 Å². The summed E-state index contributed by atoms with van der Waals surface area (Å²) in [6.07, 6.45) is 0.981. The first-order valence-corrected chi connectivity index (χ1v) is 6.71. The Bertz CT molecular complexity index is 610. The number of aromatic hydroxyl groups is 1. The van der Waals surface area contributed by atoms with Gasteiger partial charge < -0.3 is 15.2 Å². The van der Waals surface area contributed by atoms with Gasteiger partial charge in [0.2, 0.25) is 0 Å². The predicted octanol–water partition coefficient (Wildman–Crippen LogP) is 2.36. The fourth-order valence-corrected chi connectivity index (χ4v) is 2.28. The third kappa shape index (κ3) is 2.72. The number of benzene rings is 1. The van der Waals surface area contributed by atoms with E-state index in [1.165, 1.54) is 0 Å². The number of ether oxygens (including phenoxy) is 1. The summed E-state index contributed by atoms with van der Waals surface area (Å²) in [5.74, 6) is 1.49. The van der Waals surface area contributed by atoms with Gasteiger partial charge in [0, 0.05) is 18.4 Å². The van der Waals surface area contributed by atoms with Crippen LogP contribution >= 0.6 is 0 Å². The lowest BCUT2D eigenvalue weighted by atomic mass is 10.2. The number of phenols is 1. The molecule has 1 unspecified atom stereocenters. The van der Waals surface area contributed by atoms with E-state index in [-0.39, 0.29) is 5.75 Å². The van der Waals surface area contributed by atoms with Gasteiger partial charge in [-0.2, -0.15) is 0 Å². The van der Waals surface area contributed by atoms with Crippen molar-refractivity contribution < 1.29 is 9.84 Å². The van der Waals surface area contributed by atoms with Gasteiger partial charge in [-0.05, 0) is 25.5 Å². The molecule has 5 nitrogen and oxygen atoms in total. The topological polar surface area (TPSA) is 67.3 Å². The van der Waals surface area contributed by atoms with E-state index < -0.39 is 0 Å². The summed E-state index contributed by atoms with van der Waals surface area (Å²) in [5, 5.41) is 13.3. The molecule has 1 fully saturated rings. The molecule has 2 N–H and O–H groups in total. The summed E-state index contributed by atoms with van der Waals surface area (Å²) in [5.41, 5.74) is 1.50. The van der Waals surface area contributed by atoms with Gasteiger partial charge >= 0.3 is 0 Å². The molecule has 1 atom stereocenters. The molecule has 2 aromatic rings. The van der Waals surface area contributed by atoms with E-state index in [1.807, 2.05) is 25.1 Å². The van der Waals surface area contributed by atoms with E-state index in [4.69, 9.17) is 4.74 Å². The standard InChI is InChI=1S/C15H17N3O2/c1-10-8-14(17-11-6-7-20-9-11)18-15(16-10)12-4-2-3-5-13(12)19/h2-5,8,11,19H,6-7,9H2,1H3,(H,16,17,18). The van der Waals surface area contributed by atoms with Crippen LogP contribution in [0.5, 0.6) is 5.75 Å². The number of nitrogens with one attached hydrogen (secondary N) is 1. The van der Waals surface area contributed by atoms with Crippen LogP contribution in [0.4, 0.5) is 5.82 Å². The van der Waals surface area contributed by atoms with Crippen molar-refractivity contribution in [2.75, 3.05) is 18.5 Å². The van der Waals surface area contributed by atoms with Crippen LogP contribution in [0.3, 0.4) is 0 Å². The van der Waals surface area contributed by atoms with Crippen molar-refractivity contribution in [2.45, 2.75) is 19.4 Å². The summed E-state index contributed by atoms with van der Waals surface area (Å²) in [4.78, 5) is 8.89. The fraction of sp³-hybridized carbons (Fsp3) is 0.333. The molecule has 0 spiro atoms. The van der Waals surface area contributed by atoms with E-state index >= 15 is 0 Å². The Morgan fingerprint density at radius 3 is 2.90 bits per heavy atom. The van der Waals surface area contributed by atoms with Crippen LogP contribution in [0.2, 0.25) is 0 Å². The number of nitrogens with zero attached hydrogens (tertiary/aromatic N) is 2. The minimum Gasteiger partial charge on any atom is -0.507 e. The first-order chi connectivity index (χ1) is 9.72. The van der Waals surface area contributed by atoms with Crippen LogP contribution < -0.4 is 5.32 Å². The highest BCUT2D eigenvalue weighted by Crippen LogP contribution is 2.27. The van der Waals surface area contributed by atoms with Crippen molar-refractivity contribution in [3.63, 3.8) is 0 Å². The molecular formula is C15H17N3O2. The summed E-state index contributed by atoms with van der Waals surface area (Å²) in [6, 6.07) is 9.29. The molecular weight excluding hydrogens is 254 g/mol. The Hall–Kier alpha value is -2.14. The van der Waals surface area contributed by atoms with Gasteiger partial charge in [0.15, 0.2) is 5.82 Å². The third-order valence-electron chi connectivity index (χ3n) is 3.28. The molecule has 3 rings (SSSR count). The van der Waals surface area contributed by atoms with Crippen molar-refractivity contribution >= 4 is 5.82 Å². The normalized spacial score (nSPS) is 18.1. The Morgan fingerprint density at radius 1 is 1.30 bits per heavy atom. The number of phenolic OH excluding ortho intramolecular Hbond substituents is 1. The van der Waals surface area contributed by atoms with Crippen LogP contribution in [0.25, 0.3) is 11.4 Å². The molecule has 0 radical (unpaired) electrons. The van der Waals surface area contributed by atoms with Crippen molar-refractivity contribution in [3.8, 4) is 17.1 Å². The SMILES string of the molecule is Cc1cc(NC2CCOC2)nc(-c2ccccc2O)n1. The zero-order valence-electron chi connectivity index (χ0n) is 11.3. The molecule has 2 heterocycles. The largest absolute Gasteiger partial charge is 0.507 e. The molecule has 1 aromatic carbocycles. The molecule has 5 heteroatoms. The lowest BCUT2D eigenvalue weighted by molar-refractivity contribution is 0.195. The minimum absolute atomic E-state index is 0.188. The summed E-state index contributed by atoms with van der Waals surface area (Å²) in [7, 11) is 0. The molecule has 104 valence electrons. The third-order valence-corrected chi connectivity index (χ3v) is 3.28. The Kier molecular flexibility index (Phi) is 3.52. The highest BCUT2D eigenvalue weighted by atomic mass is 16.5. The second-order valence-corrected chi connectivity index (χ2v) is 4.94. The van der Waals surface area contributed by atoms with E-state index in [0.29, 0.717) is 24.0 Å². The van der Waals surface area contributed by atoms with E-state index in [1.54, 1.807) is 12.1 Å². The summed E-state index contributed by atoms with van der Waals surface area (Å²) >= 11 is 0. The van der Waals surface area contributed by atoms with Crippen LogP contribution in [-0.4, -0.2) is 34.3 Å². The minimum atomic E-state index is 0.188. The zero-order chi connectivity index (χ0) is 13.9. The molecule has 1 saturated heterocycles. The second kappa shape index (κ2) is 5.46. The lowest BCUT2D eigenvalue weighted by Gasteiger charge is -2.13. The number of hydrogen-bond acceptors (Lipinski definition) is 5. The van der Waals surface area contributed by atoms with E-state index in [0.717, 1.165) is 24.5 Å². The van der Waals surface area contributed by atoms with Gasteiger partial charge in [0.1, 0.15) is 11.6 Å². The average molecular weight is 271 g/mol. The average Bonchev–Trinajstić information content (AvgIpc) is 2.91. The molecule has 1 aliphatic heterocycles. The van der Waals surface area contributed by atoms with Gasteiger partial charge in [0.25, 0.3) is 0 Å². The monoisotopic (exact) mass is 271 g/mol. The van der Waals surface area contributed by atoms with Gasteiger partial charge in [-0.25, -0.2) is 9.97 Å². The first kappa shape index (κ1) is 12.9. The quantitative estimate of drug-likeness (QED) is 0.897. The maximum atomic E-state index is 9.91. The zero-order valence-corrected chi connectivity index (χ0v) is 11.3. The lowest BCUT2D eigenvalue weighted by Crippen LogP contribution is -2.20. The fourth-order valence-electron chi connectivity index (χ4n) is 2.28. The van der Waals surface area contributed by atoms with Crippen molar-refractivity contribution in [1.29, 1.82) is 0 Å². The highest BCUT2D eigenvalue weighted by molar-refractivity contribution is 5.64. The Balaban J connectivity index is 1.92. The molecule has 0 aliphatic carbocycles. The molecule has 1 aliphatic rings. The van der Waals surface area contributed by atoms with Crippen LogP contribution in [-0.2, 0) is 4.74 Å². The number of aryl methyl sites for hydroxylation is 1. The smallest absolute Gasteiger partial charge is 0.165 e. The maximum Gasteiger partial charge on any atom is 0.165 e. The second-order valence-electron chi connectivity index (χ2n) is 4.94. The number of rotatable bonds is 3. The molecule has 20 heavy (non-hydrogen) atoms. The van der Waals surface area contributed by atoms with Crippen molar-refractivity contribution in [1.82, 2.24) is 9.97 Å².